The average molecular weight is 559 g/mol. The number of hydrogen-bond donors (Lipinski definition) is 1. The summed E-state index contributed by atoms with van der Waals surface area (Å²) in [7, 11) is -2.46. The van der Waals surface area contributed by atoms with Gasteiger partial charge in [-0.25, -0.2) is 8.42 Å². The summed E-state index contributed by atoms with van der Waals surface area (Å²) in [5.74, 6) is -0.615. The van der Waals surface area contributed by atoms with Crippen LogP contribution in [0, 0.1) is 6.92 Å². The second kappa shape index (κ2) is 12.7. The van der Waals surface area contributed by atoms with Gasteiger partial charge in [-0.1, -0.05) is 42.3 Å². The molecule has 2 unspecified atom stereocenters. The number of aryl methyl sites for hydroxylation is 1. The van der Waals surface area contributed by atoms with Crippen LogP contribution in [0.2, 0.25) is 10.0 Å². The highest BCUT2D eigenvalue weighted by molar-refractivity contribution is 7.92. The van der Waals surface area contributed by atoms with Gasteiger partial charge in [0.05, 0.1) is 29.1 Å². The normalized spacial score (nSPS) is 13.0. The van der Waals surface area contributed by atoms with Crippen LogP contribution in [-0.2, 0) is 26.2 Å². The van der Waals surface area contributed by atoms with E-state index in [2.05, 4.69) is 5.32 Å². The fourth-order valence-corrected chi connectivity index (χ4v) is 4.64. The van der Waals surface area contributed by atoms with Gasteiger partial charge in [0.15, 0.2) is 0 Å². The van der Waals surface area contributed by atoms with E-state index in [1.807, 2.05) is 20.8 Å². The van der Waals surface area contributed by atoms with Crippen molar-refractivity contribution in [3.63, 3.8) is 0 Å². The highest BCUT2D eigenvalue weighted by Gasteiger charge is 2.31. The first-order valence-electron chi connectivity index (χ1n) is 11.4. The maximum Gasteiger partial charge on any atom is 0.244 e. The predicted molar refractivity (Wildman–Crippen MR) is 144 cm³/mol. The molecular formula is C25H33Cl2N3O5S. The number of carbonyl (C=O) groups excluding carboxylic acids is 2. The van der Waals surface area contributed by atoms with Crippen molar-refractivity contribution < 1.29 is 22.7 Å². The molecule has 0 saturated carbocycles. The van der Waals surface area contributed by atoms with E-state index in [0.29, 0.717) is 27.8 Å². The molecule has 0 aliphatic rings. The second-order valence-electron chi connectivity index (χ2n) is 8.71. The van der Waals surface area contributed by atoms with E-state index < -0.39 is 28.5 Å². The van der Waals surface area contributed by atoms with Crippen LogP contribution in [0.5, 0.6) is 5.75 Å². The van der Waals surface area contributed by atoms with Gasteiger partial charge in [-0.2, -0.15) is 0 Å². The molecule has 0 bridgehead atoms. The van der Waals surface area contributed by atoms with Gasteiger partial charge < -0.3 is 15.0 Å². The zero-order valence-corrected chi connectivity index (χ0v) is 23.7. The Kier molecular flexibility index (Phi) is 10.5. The van der Waals surface area contributed by atoms with Gasteiger partial charge in [0.25, 0.3) is 0 Å². The lowest BCUT2D eigenvalue weighted by Crippen LogP contribution is -2.52. The first-order chi connectivity index (χ1) is 16.8. The number of methoxy groups -OCH3 is 1. The molecule has 198 valence electrons. The molecule has 2 aromatic carbocycles. The second-order valence-corrected chi connectivity index (χ2v) is 11.4. The summed E-state index contributed by atoms with van der Waals surface area (Å²) in [6.07, 6.45) is 1.73. The lowest BCUT2D eigenvalue weighted by Gasteiger charge is -2.32. The summed E-state index contributed by atoms with van der Waals surface area (Å²) in [6.45, 7) is 6.71. The van der Waals surface area contributed by atoms with E-state index in [9.17, 15) is 18.0 Å². The maximum absolute atomic E-state index is 13.7. The van der Waals surface area contributed by atoms with Crippen molar-refractivity contribution in [3.8, 4) is 5.75 Å². The number of benzene rings is 2. The monoisotopic (exact) mass is 557 g/mol. The highest BCUT2D eigenvalue weighted by atomic mass is 35.5. The molecule has 0 aromatic heterocycles. The lowest BCUT2D eigenvalue weighted by atomic mass is 10.1. The van der Waals surface area contributed by atoms with Crippen LogP contribution in [0.1, 0.15) is 38.3 Å². The van der Waals surface area contributed by atoms with E-state index in [1.54, 1.807) is 43.3 Å². The Balaban J connectivity index is 2.48. The lowest BCUT2D eigenvalue weighted by molar-refractivity contribution is -0.139. The van der Waals surface area contributed by atoms with Crippen LogP contribution in [-0.4, -0.2) is 57.1 Å². The number of rotatable bonds is 11. The third kappa shape index (κ3) is 7.75. The van der Waals surface area contributed by atoms with Crippen molar-refractivity contribution in [1.29, 1.82) is 0 Å². The summed E-state index contributed by atoms with van der Waals surface area (Å²) in [4.78, 5) is 27.9. The number of sulfonamides is 1. The van der Waals surface area contributed by atoms with E-state index in [-0.39, 0.29) is 24.2 Å². The number of carbonyl (C=O) groups is 2. The summed E-state index contributed by atoms with van der Waals surface area (Å²) in [6, 6.07) is 8.99. The molecule has 2 atom stereocenters. The van der Waals surface area contributed by atoms with Crippen LogP contribution in [0.15, 0.2) is 36.4 Å². The van der Waals surface area contributed by atoms with E-state index in [0.717, 1.165) is 16.1 Å². The molecule has 0 radical (unpaired) electrons. The first-order valence-corrected chi connectivity index (χ1v) is 14.0. The van der Waals surface area contributed by atoms with Crippen LogP contribution >= 0.6 is 23.2 Å². The quantitative estimate of drug-likeness (QED) is 0.441. The molecule has 2 aromatic rings. The Hall–Kier alpha value is -2.49. The zero-order chi connectivity index (χ0) is 27.2. The molecule has 0 aliphatic heterocycles. The van der Waals surface area contributed by atoms with Crippen molar-refractivity contribution >= 4 is 50.7 Å². The van der Waals surface area contributed by atoms with Crippen LogP contribution in [0.3, 0.4) is 0 Å². The molecule has 1 N–H and O–H groups in total. The van der Waals surface area contributed by atoms with Crippen molar-refractivity contribution in [1.82, 2.24) is 10.2 Å². The minimum atomic E-state index is -3.88. The molecule has 2 rings (SSSR count). The molecular weight excluding hydrogens is 525 g/mol. The number of halogens is 2. The van der Waals surface area contributed by atoms with E-state index in [4.69, 9.17) is 27.9 Å². The topological polar surface area (TPSA) is 96.0 Å². The number of hydrogen-bond acceptors (Lipinski definition) is 5. The third-order valence-electron chi connectivity index (χ3n) is 5.79. The smallest absolute Gasteiger partial charge is 0.244 e. The van der Waals surface area contributed by atoms with Gasteiger partial charge in [-0.05, 0) is 62.6 Å². The number of anilines is 1. The molecule has 0 saturated heterocycles. The standard InChI is InChI=1S/C25H33Cl2N3O5S/c1-7-17(3)28-25(32)18(4)29(14-19-9-10-20(26)21(27)13-19)24(31)15-30(36(6,33)34)22-12-16(2)8-11-23(22)35-5/h8-13,17-18H,7,14-15H2,1-6H3,(H,28,32). The Morgan fingerprint density at radius 2 is 1.75 bits per heavy atom. The Morgan fingerprint density at radius 1 is 1.08 bits per heavy atom. The zero-order valence-electron chi connectivity index (χ0n) is 21.3. The largest absolute Gasteiger partial charge is 0.495 e. The van der Waals surface area contributed by atoms with E-state index >= 15 is 0 Å². The molecule has 36 heavy (non-hydrogen) atoms. The first kappa shape index (κ1) is 29.7. The minimum Gasteiger partial charge on any atom is -0.495 e. The summed E-state index contributed by atoms with van der Waals surface area (Å²) >= 11 is 12.2. The summed E-state index contributed by atoms with van der Waals surface area (Å²) < 4.78 is 31.9. The SMILES string of the molecule is CCC(C)NC(=O)C(C)N(Cc1ccc(Cl)c(Cl)c1)C(=O)CN(c1cc(C)ccc1OC)S(C)(=O)=O. The number of ether oxygens (including phenoxy) is 1. The summed E-state index contributed by atoms with van der Waals surface area (Å²) in [5, 5.41) is 3.54. The average Bonchev–Trinajstić information content (AvgIpc) is 2.81. The maximum atomic E-state index is 13.7. The Morgan fingerprint density at radius 3 is 2.31 bits per heavy atom. The third-order valence-corrected chi connectivity index (χ3v) is 7.65. The van der Waals surface area contributed by atoms with Gasteiger partial charge in [-0.15, -0.1) is 0 Å². The fourth-order valence-electron chi connectivity index (χ4n) is 3.47. The van der Waals surface area contributed by atoms with Crippen LogP contribution in [0.4, 0.5) is 5.69 Å². The van der Waals surface area contributed by atoms with Crippen molar-refractivity contribution in [3.05, 3.63) is 57.6 Å². The number of nitrogens with one attached hydrogen (secondary N) is 1. The fraction of sp³-hybridized carbons (Fsp3) is 0.440. The van der Waals surface area contributed by atoms with Crippen molar-refractivity contribution in [2.45, 2.75) is 52.7 Å². The molecule has 0 aliphatic carbocycles. The molecule has 0 fully saturated rings. The minimum absolute atomic E-state index is 0.0212. The van der Waals surface area contributed by atoms with Gasteiger partial charge in [-0.3, -0.25) is 13.9 Å². The molecule has 11 heteroatoms. The van der Waals surface area contributed by atoms with Gasteiger partial charge in [0.1, 0.15) is 18.3 Å². The molecule has 0 heterocycles. The summed E-state index contributed by atoms with van der Waals surface area (Å²) in [5.41, 5.74) is 1.67. The predicted octanol–water partition coefficient (Wildman–Crippen LogP) is 4.41. The molecule has 0 spiro atoms. The highest BCUT2D eigenvalue weighted by Crippen LogP contribution is 2.31. The van der Waals surface area contributed by atoms with Gasteiger partial charge in [0, 0.05) is 12.6 Å². The van der Waals surface area contributed by atoms with Gasteiger partial charge in [0.2, 0.25) is 21.8 Å². The number of amides is 2. The Labute approximate surface area is 223 Å². The Bertz CT molecular complexity index is 1210. The van der Waals surface area contributed by atoms with Crippen molar-refractivity contribution in [2.75, 3.05) is 24.2 Å². The van der Waals surface area contributed by atoms with Crippen LogP contribution < -0.4 is 14.4 Å². The van der Waals surface area contributed by atoms with Gasteiger partial charge >= 0.3 is 0 Å². The van der Waals surface area contributed by atoms with E-state index in [1.165, 1.54) is 12.0 Å². The molecule has 8 nitrogen and oxygen atoms in total. The molecule has 2 amide bonds. The van der Waals surface area contributed by atoms with Crippen molar-refractivity contribution in [2.24, 2.45) is 0 Å². The van der Waals surface area contributed by atoms with Crippen LogP contribution in [0.25, 0.3) is 0 Å². The number of nitrogens with zero attached hydrogens (tertiary/aromatic N) is 2.